The highest BCUT2D eigenvalue weighted by Crippen LogP contribution is 2.46. The van der Waals surface area contributed by atoms with Crippen molar-refractivity contribution in [3.8, 4) is 11.5 Å². The molecule has 0 unspecified atom stereocenters. The highest BCUT2D eigenvalue weighted by molar-refractivity contribution is 5.50. The van der Waals surface area contributed by atoms with Gasteiger partial charge >= 0.3 is 0 Å². The van der Waals surface area contributed by atoms with Crippen LogP contribution >= 0.6 is 0 Å². The Morgan fingerprint density at radius 1 is 1.00 bits per heavy atom. The number of hydrogen-bond donors (Lipinski definition) is 1. The first-order valence-corrected chi connectivity index (χ1v) is 9.42. The number of nitrogens with one attached hydrogen (secondary N) is 1. The molecule has 1 aromatic carbocycles. The maximum Gasteiger partial charge on any atom is 0.127 e. The van der Waals surface area contributed by atoms with Crippen molar-refractivity contribution in [1.29, 1.82) is 0 Å². The Morgan fingerprint density at radius 3 is 2.12 bits per heavy atom. The van der Waals surface area contributed by atoms with Crippen LogP contribution in [-0.4, -0.2) is 45.3 Å². The van der Waals surface area contributed by atoms with Crippen LogP contribution < -0.4 is 14.8 Å². The molecule has 1 N–H and O–H groups in total. The molecule has 1 atom stereocenters. The predicted molar refractivity (Wildman–Crippen MR) is 98.0 cm³/mol. The van der Waals surface area contributed by atoms with E-state index in [0.29, 0.717) is 12.0 Å². The number of hydrogen-bond acceptors (Lipinski definition) is 4. The molecular formula is C20H32N2O2. The van der Waals surface area contributed by atoms with E-state index in [9.17, 15) is 0 Å². The smallest absolute Gasteiger partial charge is 0.127 e. The largest absolute Gasteiger partial charge is 0.496 e. The number of rotatable bonds is 5. The van der Waals surface area contributed by atoms with Crippen molar-refractivity contribution in [2.45, 2.75) is 45.1 Å². The van der Waals surface area contributed by atoms with Gasteiger partial charge in [-0.05, 0) is 43.4 Å². The normalized spacial score (nSPS) is 21.5. The summed E-state index contributed by atoms with van der Waals surface area (Å²) >= 11 is 0. The van der Waals surface area contributed by atoms with E-state index >= 15 is 0 Å². The van der Waals surface area contributed by atoms with Gasteiger partial charge in [-0.3, -0.25) is 4.90 Å². The van der Waals surface area contributed by atoms with E-state index in [0.717, 1.165) is 37.7 Å². The molecule has 2 aliphatic rings. The fraction of sp³-hybridized carbons (Fsp3) is 0.700. The number of benzene rings is 1. The topological polar surface area (TPSA) is 33.7 Å². The Balaban J connectivity index is 2.03. The van der Waals surface area contributed by atoms with Crippen LogP contribution in [0.1, 0.15) is 49.3 Å². The van der Waals surface area contributed by atoms with E-state index in [1.54, 1.807) is 14.2 Å². The van der Waals surface area contributed by atoms with Crippen LogP contribution in [0.3, 0.4) is 0 Å². The summed E-state index contributed by atoms with van der Waals surface area (Å²) in [5.74, 6) is 2.67. The van der Waals surface area contributed by atoms with Crippen LogP contribution in [-0.2, 0) is 0 Å². The zero-order chi connectivity index (χ0) is 16.9. The van der Waals surface area contributed by atoms with Crippen LogP contribution in [0.5, 0.6) is 11.5 Å². The number of nitrogens with zero attached hydrogens (tertiary/aromatic N) is 1. The Labute approximate surface area is 146 Å². The van der Waals surface area contributed by atoms with E-state index in [-0.39, 0.29) is 0 Å². The summed E-state index contributed by atoms with van der Waals surface area (Å²) in [5, 5.41) is 3.49. The van der Waals surface area contributed by atoms with Crippen LogP contribution in [0.2, 0.25) is 0 Å². The second-order valence-electron chi connectivity index (χ2n) is 7.21. The van der Waals surface area contributed by atoms with Crippen LogP contribution in [0, 0.1) is 12.8 Å². The molecule has 1 saturated heterocycles. The molecule has 1 aromatic rings. The van der Waals surface area contributed by atoms with Gasteiger partial charge in [-0.15, -0.1) is 0 Å². The van der Waals surface area contributed by atoms with Gasteiger partial charge < -0.3 is 14.8 Å². The molecular weight excluding hydrogens is 300 g/mol. The first kappa shape index (κ1) is 17.6. The molecule has 134 valence electrons. The molecule has 0 spiro atoms. The first-order chi connectivity index (χ1) is 11.7. The van der Waals surface area contributed by atoms with Crippen molar-refractivity contribution in [2.24, 2.45) is 5.92 Å². The highest BCUT2D eigenvalue weighted by atomic mass is 16.5. The van der Waals surface area contributed by atoms with Gasteiger partial charge in [0.25, 0.3) is 0 Å². The Hall–Kier alpha value is -1.26. The van der Waals surface area contributed by atoms with Crippen LogP contribution in [0.15, 0.2) is 12.1 Å². The second kappa shape index (κ2) is 8.21. The average molecular weight is 332 g/mol. The summed E-state index contributed by atoms with van der Waals surface area (Å²) < 4.78 is 11.6. The van der Waals surface area contributed by atoms with E-state index in [4.69, 9.17) is 9.47 Å². The summed E-state index contributed by atoms with van der Waals surface area (Å²) in [7, 11) is 3.57. The van der Waals surface area contributed by atoms with Crippen molar-refractivity contribution in [3.63, 3.8) is 0 Å². The summed E-state index contributed by atoms with van der Waals surface area (Å²) in [6, 6.07) is 4.73. The lowest BCUT2D eigenvalue weighted by Gasteiger charge is -2.42. The maximum atomic E-state index is 5.81. The van der Waals surface area contributed by atoms with Gasteiger partial charge in [-0.2, -0.15) is 0 Å². The molecule has 1 heterocycles. The Bertz CT molecular complexity index is 491. The van der Waals surface area contributed by atoms with Gasteiger partial charge in [-0.1, -0.05) is 19.3 Å². The minimum Gasteiger partial charge on any atom is -0.496 e. The quantitative estimate of drug-likeness (QED) is 0.894. The average Bonchev–Trinajstić information content (AvgIpc) is 2.64. The molecule has 0 aromatic heterocycles. The molecule has 0 bridgehead atoms. The predicted octanol–water partition coefficient (Wildman–Crippen LogP) is 3.54. The number of piperazine rings is 1. The third-order valence-corrected chi connectivity index (χ3v) is 5.63. The van der Waals surface area contributed by atoms with Gasteiger partial charge in [0.05, 0.1) is 19.8 Å². The fourth-order valence-electron chi connectivity index (χ4n) is 4.49. The third kappa shape index (κ3) is 3.70. The van der Waals surface area contributed by atoms with E-state index in [1.165, 1.54) is 43.2 Å². The summed E-state index contributed by atoms with van der Waals surface area (Å²) in [4.78, 5) is 2.65. The van der Waals surface area contributed by atoms with Gasteiger partial charge in [0.2, 0.25) is 0 Å². The monoisotopic (exact) mass is 332 g/mol. The van der Waals surface area contributed by atoms with Crippen molar-refractivity contribution in [2.75, 3.05) is 40.4 Å². The zero-order valence-corrected chi connectivity index (χ0v) is 15.4. The van der Waals surface area contributed by atoms with Crippen molar-refractivity contribution in [1.82, 2.24) is 10.2 Å². The lowest BCUT2D eigenvalue weighted by Crippen LogP contribution is -2.47. The zero-order valence-electron chi connectivity index (χ0n) is 15.4. The maximum absolute atomic E-state index is 5.81. The molecule has 24 heavy (non-hydrogen) atoms. The molecule has 1 saturated carbocycles. The summed E-state index contributed by atoms with van der Waals surface area (Å²) in [6.07, 6.45) is 6.71. The Kier molecular flexibility index (Phi) is 6.01. The van der Waals surface area contributed by atoms with Crippen molar-refractivity contribution >= 4 is 0 Å². The van der Waals surface area contributed by atoms with Gasteiger partial charge in [0.1, 0.15) is 11.5 Å². The van der Waals surface area contributed by atoms with Gasteiger partial charge in [0.15, 0.2) is 0 Å². The molecule has 3 rings (SSSR count). The van der Waals surface area contributed by atoms with E-state index in [1.807, 2.05) is 0 Å². The standard InChI is InChI=1S/C20H32N2O2/c1-15-13-17(23-2)19(18(14-15)24-3)20(16-7-5-4-6-8-16)22-11-9-21-10-12-22/h13-14,16,20-21H,4-12H2,1-3H3/t20-/m0/s1. The Morgan fingerprint density at radius 2 is 1.58 bits per heavy atom. The summed E-state index contributed by atoms with van der Waals surface area (Å²) in [6.45, 7) is 6.44. The molecule has 1 aliphatic carbocycles. The SMILES string of the molecule is COc1cc(C)cc(OC)c1[C@H](C1CCCCC1)N1CCNCC1. The van der Waals surface area contributed by atoms with Gasteiger partial charge in [-0.25, -0.2) is 0 Å². The fourth-order valence-corrected chi connectivity index (χ4v) is 4.49. The van der Waals surface area contributed by atoms with E-state index in [2.05, 4.69) is 29.3 Å². The molecule has 2 fully saturated rings. The number of aryl methyl sites for hydroxylation is 1. The van der Waals surface area contributed by atoms with Crippen LogP contribution in [0.4, 0.5) is 0 Å². The number of ether oxygens (including phenoxy) is 2. The molecule has 4 heteroatoms. The van der Waals surface area contributed by atoms with Crippen molar-refractivity contribution < 1.29 is 9.47 Å². The molecule has 0 amide bonds. The lowest BCUT2D eigenvalue weighted by molar-refractivity contribution is 0.0990. The molecule has 1 aliphatic heterocycles. The number of methoxy groups -OCH3 is 2. The molecule has 0 radical (unpaired) electrons. The second-order valence-corrected chi connectivity index (χ2v) is 7.21. The minimum atomic E-state index is 0.401. The lowest BCUT2D eigenvalue weighted by atomic mass is 9.79. The highest BCUT2D eigenvalue weighted by Gasteiger charge is 2.35. The third-order valence-electron chi connectivity index (χ3n) is 5.63. The minimum absolute atomic E-state index is 0.401. The molecule has 4 nitrogen and oxygen atoms in total. The summed E-state index contributed by atoms with van der Waals surface area (Å²) in [5.41, 5.74) is 2.45. The van der Waals surface area contributed by atoms with Crippen molar-refractivity contribution in [3.05, 3.63) is 23.3 Å². The van der Waals surface area contributed by atoms with E-state index < -0.39 is 0 Å². The van der Waals surface area contributed by atoms with Gasteiger partial charge in [0, 0.05) is 32.2 Å². The van der Waals surface area contributed by atoms with Crippen LogP contribution in [0.25, 0.3) is 0 Å². The first-order valence-electron chi connectivity index (χ1n) is 9.42.